The third kappa shape index (κ3) is 3.62. The van der Waals surface area contributed by atoms with Crippen molar-refractivity contribution in [2.24, 2.45) is 12.8 Å². The fraction of sp³-hybridized carbons (Fsp3) is 0.455. The Morgan fingerprint density at radius 1 is 1.42 bits per heavy atom. The molecule has 0 aliphatic heterocycles. The largest absolute Gasteiger partial charge is 0.350 e. The van der Waals surface area contributed by atoms with Gasteiger partial charge in [0.2, 0.25) is 0 Å². The molecule has 2 aromatic heterocycles. The molecule has 102 valence electrons. The first kappa shape index (κ1) is 13.2. The Morgan fingerprint density at radius 3 is 2.95 bits per heavy atom. The standard InChI is InChI=1S/C11H17N7O/c1-17-7-15-10(16-17)2-4-13-11(19)9-6-18(5-3-12)8-14-9/h6-8H,2-5,12H2,1H3,(H,13,19). The van der Waals surface area contributed by atoms with Crippen LogP contribution < -0.4 is 11.1 Å². The van der Waals surface area contributed by atoms with Gasteiger partial charge in [-0.2, -0.15) is 5.10 Å². The highest BCUT2D eigenvalue weighted by Gasteiger charge is 2.09. The number of amides is 1. The van der Waals surface area contributed by atoms with Crippen LogP contribution in [-0.2, 0) is 20.0 Å². The molecule has 0 bridgehead atoms. The number of carbonyl (C=O) groups is 1. The number of nitrogens with one attached hydrogen (secondary N) is 1. The number of imidazole rings is 1. The highest BCUT2D eigenvalue weighted by molar-refractivity contribution is 5.91. The Morgan fingerprint density at radius 2 is 2.26 bits per heavy atom. The van der Waals surface area contributed by atoms with E-state index in [0.717, 1.165) is 0 Å². The van der Waals surface area contributed by atoms with Crippen molar-refractivity contribution in [3.8, 4) is 0 Å². The molecular formula is C11H17N7O. The lowest BCUT2D eigenvalue weighted by Crippen LogP contribution is -2.26. The molecule has 8 heteroatoms. The van der Waals surface area contributed by atoms with Gasteiger partial charge < -0.3 is 15.6 Å². The minimum atomic E-state index is -0.202. The van der Waals surface area contributed by atoms with E-state index in [0.29, 0.717) is 37.6 Å². The van der Waals surface area contributed by atoms with Gasteiger partial charge in [0, 0.05) is 39.3 Å². The molecule has 0 saturated carbocycles. The summed E-state index contributed by atoms with van der Waals surface area (Å²) in [5, 5.41) is 6.91. The Hall–Kier alpha value is -2.22. The number of nitrogens with zero attached hydrogens (tertiary/aromatic N) is 5. The maximum atomic E-state index is 11.8. The first-order valence-corrected chi connectivity index (χ1v) is 6.03. The van der Waals surface area contributed by atoms with Crippen LogP contribution >= 0.6 is 0 Å². The lowest BCUT2D eigenvalue weighted by molar-refractivity contribution is 0.0949. The molecule has 0 spiro atoms. The van der Waals surface area contributed by atoms with Crippen LogP contribution in [0.15, 0.2) is 18.9 Å². The van der Waals surface area contributed by atoms with E-state index in [1.165, 1.54) is 0 Å². The lowest BCUT2D eigenvalue weighted by Gasteiger charge is -2.00. The maximum absolute atomic E-state index is 11.8. The van der Waals surface area contributed by atoms with E-state index < -0.39 is 0 Å². The van der Waals surface area contributed by atoms with Crippen molar-refractivity contribution < 1.29 is 4.79 Å². The van der Waals surface area contributed by atoms with E-state index in [-0.39, 0.29) is 5.91 Å². The molecule has 0 radical (unpaired) electrons. The Balaban J connectivity index is 1.80. The number of carbonyl (C=O) groups excluding carboxylic acids is 1. The summed E-state index contributed by atoms with van der Waals surface area (Å²) in [6.45, 7) is 1.65. The van der Waals surface area contributed by atoms with E-state index in [9.17, 15) is 4.79 Å². The van der Waals surface area contributed by atoms with Gasteiger partial charge in [-0.05, 0) is 0 Å². The molecule has 0 unspecified atom stereocenters. The third-order valence-electron chi connectivity index (χ3n) is 2.53. The molecule has 2 aromatic rings. The molecule has 19 heavy (non-hydrogen) atoms. The van der Waals surface area contributed by atoms with E-state index in [2.05, 4.69) is 20.4 Å². The van der Waals surface area contributed by atoms with E-state index in [1.807, 2.05) is 0 Å². The molecule has 0 atom stereocenters. The first-order valence-electron chi connectivity index (χ1n) is 6.03. The molecule has 0 aromatic carbocycles. The number of rotatable bonds is 6. The molecule has 0 saturated heterocycles. The highest BCUT2D eigenvalue weighted by atomic mass is 16.1. The summed E-state index contributed by atoms with van der Waals surface area (Å²) >= 11 is 0. The average molecular weight is 263 g/mol. The van der Waals surface area contributed by atoms with Gasteiger partial charge in [-0.1, -0.05) is 0 Å². The monoisotopic (exact) mass is 263 g/mol. The minimum Gasteiger partial charge on any atom is -0.350 e. The number of nitrogens with two attached hydrogens (primary N) is 1. The van der Waals surface area contributed by atoms with Crippen LogP contribution in [0.3, 0.4) is 0 Å². The fourth-order valence-electron chi connectivity index (χ4n) is 1.63. The summed E-state index contributed by atoms with van der Waals surface area (Å²) in [6.07, 6.45) is 5.50. The zero-order valence-electron chi connectivity index (χ0n) is 10.8. The molecular weight excluding hydrogens is 246 g/mol. The summed E-state index contributed by atoms with van der Waals surface area (Å²) in [4.78, 5) is 19.9. The second kappa shape index (κ2) is 6.10. The number of hydrogen-bond acceptors (Lipinski definition) is 5. The number of aryl methyl sites for hydroxylation is 1. The Bertz CT molecular complexity index is 545. The minimum absolute atomic E-state index is 0.202. The summed E-state index contributed by atoms with van der Waals surface area (Å²) in [5.74, 6) is 0.503. The van der Waals surface area contributed by atoms with Crippen molar-refractivity contribution in [1.82, 2.24) is 29.6 Å². The predicted molar refractivity (Wildman–Crippen MR) is 68.3 cm³/mol. The Labute approximate surface area is 110 Å². The zero-order chi connectivity index (χ0) is 13.7. The van der Waals surface area contributed by atoms with Gasteiger partial charge in [-0.15, -0.1) is 0 Å². The number of aromatic nitrogens is 5. The van der Waals surface area contributed by atoms with Gasteiger partial charge in [0.1, 0.15) is 12.0 Å². The van der Waals surface area contributed by atoms with Crippen LogP contribution in [0, 0.1) is 0 Å². The van der Waals surface area contributed by atoms with Crippen molar-refractivity contribution in [3.63, 3.8) is 0 Å². The van der Waals surface area contributed by atoms with Crippen LogP contribution in [0.25, 0.3) is 0 Å². The van der Waals surface area contributed by atoms with Gasteiger partial charge >= 0.3 is 0 Å². The van der Waals surface area contributed by atoms with E-state index >= 15 is 0 Å². The van der Waals surface area contributed by atoms with Gasteiger partial charge in [-0.3, -0.25) is 9.48 Å². The molecule has 3 N–H and O–H groups in total. The summed E-state index contributed by atoms with van der Waals surface area (Å²) in [6, 6.07) is 0. The topological polar surface area (TPSA) is 104 Å². The van der Waals surface area contributed by atoms with Gasteiger partial charge in [0.15, 0.2) is 5.82 Å². The zero-order valence-corrected chi connectivity index (χ0v) is 10.8. The molecule has 2 heterocycles. The quantitative estimate of drug-likeness (QED) is 0.691. The van der Waals surface area contributed by atoms with Gasteiger partial charge in [0.25, 0.3) is 5.91 Å². The van der Waals surface area contributed by atoms with Gasteiger partial charge in [-0.25, -0.2) is 9.97 Å². The fourth-order valence-corrected chi connectivity index (χ4v) is 1.63. The molecule has 0 aliphatic rings. The van der Waals surface area contributed by atoms with Crippen LogP contribution in [-0.4, -0.2) is 43.3 Å². The summed E-state index contributed by atoms with van der Waals surface area (Å²) < 4.78 is 3.42. The van der Waals surface area contributed by atoms with Crippen molar-refractivity contribution >= 4 is 5.91 Å². The van der Waals surface area contributed by atoms with Crippen LogP contribution in [0.1, 0.15) is 16.3 Å². The average Bonchev–Trinajstić information content (AvgIpc) is 2.99. The smallest absolute Gasteiger partial charge is 0.271 e. The van der Waals surface area contributed by atoms with Crippen LogP contribution in [0.2, 0.25) is 0 Å². The third-order valence-corrected chi connectivity index (χ3v) is 2.53. The second-order valence-corrected chi connectivity index (χ2v) is 4.13. The van der Waals surface area contributed by atoms with Crippen molar-refractivity contribution in [3.05, 3.63) is 30.4 Å². The summed E-state index contributed by atoms with van der Waals surface area (Å²) in [5.41, 5.74) is 5.82. The lowest BCUT2D eigenvalue weighted by atomic mass is 10.4. The van der Waals surface area contributed by atoms with Crippen molar-refractivity contribution in [1.29, 1.82) is 0 Å². The van der Waals surface area contributed by atoms with Crippen molar-refractivity contribution in [2.75, 3.05) is 13.1 Å². The van der Waals surface area contributed by atoms with Gasteiger partial charge in [0.05, 0.1) is 6.33 Å². The number of hydrogen-bond donors (Lipinski definition) is 2. The second-order valence-electron chi connectivity index (χ2n) is 4.13. The molecule has 2 rings (SSSR count). The molecule has 0 fully saturated rings. The molecule has 8 nitrogen and oxygen atoms in total. The first-order chi connectivity index (χ1) is 9.19. The predicted octanol–water partition coefficient (Wildman–Crippen LogP) is -1.06. The molecule has 1 amide bonds. The SMILES string of the molecule is Cn1cnc(CCNC(=O)c2cn(CCN)cn2)n1. The summed E-state index contributed by atoms with van der Waals surface area (Å²) in [7, 11) is 1.80. The normalized spacial score (nSPS) is 10.6. The van der Waals surface area contributed by atoms with Crippen LogP contribution in [0.4, 0.5) is 0 Å². The maximum Gasteiger partial charge on any atom is 0.271 e. The van der Waals surface area contributed by atoms with E-state index in [4.69, 9.17) is 5.73 Å². The highest BCUT2D eigenvalue weighted by Crippen LogP contribution is 1.96. The van der Waals surface area contributed by atoms with E-state index in [1.54, 1.807) is 35.1 Å². The molecule has 0 aliphatic carbocycles. The Kier molecular flexibility index (Phi) is 4.24. The van der Waals surface area contributed by atoms with Crippen molar-refractivity contribution in [2.45, 2.75) is 13.0 Å². The van der Waals surface area contributed by atoms with Crippen LogP contribution in [0.5, 0.6) is 0 Å².